The fraction of sp³-hybridized carbons (Fsp3) is 0.143. The van der Waals surface area contributed by atoms with Crippen LogP contribution in [0, 0.1) is 18.6 Å². The number of rotatable bonds is 4. The van der Waals surface area contributed by atoms with Crippen LogP contribution in [0.1, 0.15) is 16.8 Å². The van der Waals surface area contributed by atoms with Crippen LogP contribution >= 0.6 is 0 Å². The highest BCUT2D eigenvalue weighted by atomic mass is 19.1. The number of hydrogen-bond donors (Lipinski definition) is 1. The summed E-state index contributed by atoms with van der Waals surface area (Å²) >= 11 is 0. The molecule has 6 heteroatoms. The normalized spacial score (nSPS) is 11.3. The molecule has 0 unspecified atom stereocenters. The van der Waals surface area contributed by atoms with Gasteiger partial charge in [0.15, 0.2) is 0 Å². The molecule has 0 aliphatic rings. The van der Waals surface area contributed by atoms with Crippen molar-refractivity contribution in [2.75, 3.05) is 0 Å². The van der Waals surface area contributed by atoms with Crippen LogP contribution in [0.25, 0.3) is 22.0 Å². The van der Waals surface area contributed by atoms with Crippen molar-refractivity contribution in [3.8, 4) is 11.1 Å². The largest absolute Gasteiger partial charge is 0.390 e. The molecule has 0 saturated carbocycles. The molecule has 0 radical (unpaired) electrons. The number of aryl methyl sites for hydroxylation is 1. The molecule has 2 aromatic carbocycles. The quantitative estimate of drug-likeness (QED) is 0.589. The van der Waals surface area contributed by atoms with Gasteiger partial charge in [0.25, 0.3) is 0 Å². The molecule has 0 spiro atoms. The van der Waals surface area contributed by atoms with E-state index in [0.717, 1.165) is 33.7 Å². The Morgan fingerprint density at radius 2 is 1.81 bits per heavy atom. The lowest BCUT2D eigenvalue weighted by molar-refractivity contribution is 0.272. The van der Waals surface area contributed by atoms with Crippen LogP contribution in [-0.4, -0.2) is 19.6 Å². The smallest absolute Gasteiger partial charge is 0.131 e. The highest BCUT2D eigenvalue weighted by molar-refractivity contribution is 5.98. The van der Waals surface area contributed by atoms with Gasteiger partial charge in [-0.2, -0.15) is 0 Å². The lowest BCUT2D eigenvalue weighted by Crippen LogP contribution is -2.07. The van der Waals surface area contributed by atoms with Crippen molar-refractivity contribution in [2.24, 2.45) is 0 Å². The number of fused-ring (bicyclic) bond motifs is 1. The van der Waals surface area contributed by atoms with E-state index < -0.39 is 11.6 Å². The molecule has 2 aromatic heterocycles. The first kappa shape index (κ1) is 17.3. The third-order valence-corrected chi connectivity index (χ3v) is 4.67. The molecule has 0 atom stereocenters. The number of aliphatic hydroxyl groups is 1. The Morgan fingerprint density at radius 3 is 2.52 bits per heavy atom. The minimum Gasteiger partial charge on any atom is -0.390 e. The highest BCUT2D eigenvalue weighted by Crippen LogP contribution is 2.36. The van der Waals surface area contributed by atoms with Crippen LogP contribution in [0.3, 0.4) is 0 Å². The molecular weight excluding hydrogens is 348 g/mol. The minimum absolute atomic E-state index is 0.176. The third kappa shape index (κ3) is 3.08. The Hall–Kier alpha value is -3.12. The second-order valence-electron chi connectivity index (χ2n) is 6.45. The molecule has 0 aliphatic heterocycles. The number of benzene rings is 2. The van der Waals surface area contributed by atoms with Crippen LogP contribution in [-0.2, 0) is 13.2 Å². The molecule has 4 aromatic rings. The Labute approximate surface area is 154 Å². The SMILES string of the molecule is Cc1ccc2c(c1)c(-c1cncnc1)c(CO)n2Cc1ccc(F)cc1F. The maximum Gasteiger partial charge on any atom is 0.131 e. The first-order chi connectivity index (χ1) is 13.1. The molecule has 1 N–H and O–H groups in total. The Kier molecular flexibility index (Phi) is 4.41. The van der Waals surface area contributed by atoms with Gasteiger partial charge in [0.05, 0.1) is 18.8 Å². The lowest BCUT2D eigenvalue weighted by atomic mass is 10.0. The van der Waals surface area contributed by atoms with E-state index in [0.29, 0.717) is 11.3 Å². The summed E-state index contributed by atoms with van der Waals surface area (Å²) in [5.41, 5.74) is 4.49. The summed E-state index contributed by atoms with van der Waals surface area (Å²) in [6.45, 7) is 1.93. The van der Waals surface area contributed by atoms with Crippen molar-refractivity contribution in [3.05, 3.63) is 83.6 Å². The van der Waals surface area contributed by atoms with Crippen molar-refractivity contribution < 1.29 is 13.9 Å². The van der Waals surface area contributed by atoms with E-state index in [2.05, 4.69) is 9.97 Å². The fourth-order valence-corrected chi connectivity index (χ4v) is 3.44. The fourth-order valence-electron chi connectivity index (χ4n) is 3.44. The zero-order valence-electron chi connectivity index (χ0n) is 14.7. The van der Waals surface area contributed by atoms with Gasteiger partial charge in [-0.3, -0.25) is 0 Å². The molecular formula is C21H17F2N3O. The summed E-state index contributed by atoms with van der Waals surface area (Å²) in [5, 5.41) is 11.0. The lowest BCUT2D eigenvalue weighted by Gasteiger charge is -2.11. The van der Waals surface area contributed by atoms with Crippen LogP contribution in [0.4, 0.5) is 8.78 Å². The van der Waals surface area contributed by atoms with Gasteiger partial charge in [0, 0.05) is 46.1 Å². The minimum atomic E-state index is -0.617. The molecule has 0 aliphatic carbocycles. The summed E-state index contributed by atoms with van der Waals surface area (Å²) in [6.07, 6.45) is 4.82. The van der Waals surface area contributed by atoms with Crippen molar-refractivity contribution in [1.29, 1.82) is 0 Å². The zero-order valence-corrected chi connectivity index (χ0v) is 14.7. The van der Waals surface area contributed by atoms with E-state index in [1.165, 1.54) is 18.5 Å². The Morgan fingerprint density at radius 1 is 1.04 bits per heavy atom. The molecule has 4 rings (SSSR count). The average Bonchev–Trinajstić information content (AvgIpc) is 2.97. The van der Waals surface area contributed by atoms with E-state index in [1.807, 2.05) is 29.7 Å². The van der Waals surface area contributed by atoms with Gasteiger partial charge in [-0.1, -0.05) is 17.7 Å². The number of nitrogens with zero attached hydrogens (tertiary/aromatic N) is 3. The van der Waals surface area contributed by atoms with Crippen LogP contribution in [0.5, 0.6) is 0 Å². The topological polar surface area (TPSA) is 50.9 Å². The molecule has 0 saturated heterocycles. The average molecular weight is 365 g/mol. The number of hydrogen-bond acceptors (Lipinski definition) is 3. The van der Waals surface area contributed by atoms with Crippen LogP contribution in [0.15, 0.2) is 55.1 Å². The van der Waals surface area contributed by atoms with Gasteiger partial charge >= 0.3 is 0 Å². The van der Waals surface area contributed by atoms with E-state index in [1.54, 1.807) is 12.4 Å². The molecule has 2 heterocycles. The third-order valence-electron chi connectivity index (χ3n) is 4.67. The summed E-state index contributed by atoms with van der Waals surface area (Å²) in [4.78, 5) is 8.16. The number of halogens is 2. The van der Waals surface area contributed by atoms with Crippen molar-refractivity contribution in [3.63, 3.8) is 0 Å². The van der Waals surface area contributed by atoms with Crippen molar-refractivity contribution in [2.45, 2.75) is 20.1 Å². The maximum absolute atomic E-state index is 14.2. The maximum atomic E-state index is 14.2. The van der Waals surface area contributed by atoms with Crippen molar-refractivity contribution in [1.82, 2.24) is 14.5 Å². The molecule has 0 amide bonds. The second-order valence-corrected chi connectivity index (χ2v) is 6.45. The predicted molar refractivity (Wildman–Crippen MR) is 99.1 cm³/mol. The van der Waals surface area contributed by atoms with E-state index in [-0.39, 0.29) is 13.2 Å². The van der Waals surface area contributed by atoms with Crippen LogP contribution in [0.2, 0.25) is 0 Å². The van der Waals surface area contributed by atoms with Crippen LogP contribution < -0.4 is 0 Å². The Bertz CT molecular complexity index is 1120. The van der Waals surface area contributed by atoms with E-state index >= 15 is 0 Å². The summed E-state index contributed by atoms with van der Waals surface area (Å²) in [6, 6.07) is 9.46. The summed E-state index contributed by atoms with van der Waals surface area (Å²) in [5.74, 6) is -1.23. The zero-order chi connectivity index (χ0) is 19.0. The van der Waals surface area contributed by atoms with E-state index in [9.17, 15) is 13.9 Å². The monoisotopic (exact) mass is 365 g/mol. The second kappa shape index (κ2) is 6.89. The summed E-state index contributed by atoms with van der Waals surface area (Å²) in [7, 11) is 0. The van der Waals surface area contributed by atoms with Gasteiger partial charge < -0.3 is 9.67 Å². The number of aromatic nitrogens is 3. The van der Waals surface area contributed by atoms with Gasteiger partial charge in [0.2, 0.25) is 0 Å². The first-order valence-electron chi connectivity index (χ1n) is 8.50. The van der Waals surface area contributed by atoms with Gasteiger partial charge in [0.1, 0.15) is 18.0 Å². The predicted octanol–water partition coefficient (Wildman–Crippen LogP) is 4.23. The first-order valence-corrected chi connectivity index (χ1v) is 8.50. The van der Waals surface area contributed by atoms with Gasteiger partial charge in [-0.15, -0.1) is 0 Å². The van der Waals surface area contributed by atoms with Gasteiger partial charge in [-0.05, 0) is 25.1 Å². The summed E-state index contributed by atoms with van der Waals surface area (Å²) < 4.78 is 29.3. The van der Waals surface area contributed by atoms with E-state index in [4.69, 9.17) is 0 Å². The number of aliphatic hydroxyl groups excluding tert-OH is 1. The molecule has 4 nitrogen and oxygen atoms in total. The highest BCUT2D eigenvalue weighted by Gasteiger charge is 2.19. The molecule has 136 valence electrons. The molecule has 0 bridgehead atoms. The van der Waals surface area contributed by atoms with Gasteiger partial charge in [-0.25, -0.2) is 18.7 Å². The molecule has 27 heavy (non-hydrogen) atoms. The molecule has 0 fully saturated rings. The Balaban J connectivity index is 1.97. The van der Waals surface area contributed by atoms with Crippen molar-refractivity contribution >= 4 is 10.9 Å². The standard InChI is InChI=1S/C21H17F2N3O/c1-13-2-5-19-17(6-13)21(15-8-24-12-25-9-15)20(11-27)26(19)10-14-3-4-16(22)7-18(14)23/h2-9,12,27H,10-11H2,1H3.